The third-order valence-corrected chi connectivity index (χ3v) is 4.71. The first-order valence-electron chi connectivity index (χ1n) is 6.97. The number of halogens is 2. The molecule has 0 bridgehead atoms. The molecule has 2 aromatic heterocycles. The number of hydrogen-bond acceptors (Lipinski definition) is 6. The van der Waals surface area contributed by atoms with Crippen LogP contribution in [0.2, 0.25) is 0 Å². The molecular weight excluding hydrogens is 357 g/mol. The molecule has 0 spiro atoms. The van der Waals surface area contributed by atoms with Crippen molar-refractivity contribution in [3.05, 3.63) is 29.7 Å². The molecular formula is C14H19Cl2N5OS. The van der Waals surface area contributed by atoms with E-state index in [9.17, 15) is 4.79 Å². The van der Waals surface area contributed by atoms with E-state index in [4.69, 9.17) is 5.73 Å². The fourth-order valence-electron chi connectivity index (χ4n) is 2.64. The summed E-state index contributed by atoms with van der Waals surface area (Å²) in [6.07, 6.45) is 8.96. The first-order chi connectivity index (χ1) is 10.2. The van der Waals surface area contributed by atoms with Gasteiger partial charge in [-0.3, -0.25) is 14.8 Å². The molecule has 6 nitrogen and oxygen atoms in total. The number of amides is 1. The number of thiazole rings is 1. The summed E-state index contributed by atoms with van der Waals surface area (Å²) in [6, 6.07) is 0. The molecule has 3 N–H and O–H groups in total. The molecule has 0 aliphatic heterocycles. The van der Waals surface area contributed by atoms with Crippen LogP contribution in [0.25, 0.3) is 10.7 Å². The van der Waals surface area contributed by atoms with Crippen molar-refractivity contribution in [3.63, 3.8) is 0 Å². The molecule has 2 heterocycles. The van der Waals surface area contributed by atoms with Crippen LogP contribution in [0.15, 0.2) is 24.0 Å². The summed E-state index contributed by atoms with van der Waals surface area (Å²) in [5.41, 5.74) is 6.68. The molecule has 126 valence electrons. The van der Waals surface area contributed by atoms with Crippen LogP contribution in [0.1, 0.15) is 36.2 Å². The average molecular weight is 376 g/mol. The molecule has 1 fully saturated rings. The van der Waals surface area contributed by atoms with Crippen LogP contribution >= 0.6 is 36.2 Å². The van der Waals surface area contributed by atoms with E-state index in [1.165, 1.54) is 11.3 Å². The predicted octanol–water partition coefficient (Wildman–Crippen LogP) is 2.45. The molecule has 1 aliphatic carbocycles. The van der Waals surface area contributed by atoms with Crippen molar-refractivity contribution in [2.24, 2.45) is 5.73 Å². The summed E-state index contributed by atoms with van der Waals surface area (Å²) in [5.74, 6) is -0.159. The third-order valence-electron chi connectivity index (χ3n) is 3.85. The Hall–Kier alpha value is -1.28. The Morgan fingerprint density at radius 1 is 1.30 bits per heavy atom. The van der Waals surface area contributed by atoms with Gasteiger partial charge in [0.2, 0.25) is 0 Å². The first kappa shape index (κ1) is 19.8. The number of aromatic nitrogens is 3. The van der Waals surface area contributed by atoms with Gasteiger partial charge in [-0.25, -0.2) is 4.98 Å². The molecule has 0 unspecified atom stereocenters. The SMILES string of the molecule is Cl.Cl.NCC1(NC(=O)c2csc(-c3cnccn3)n2)CCCC1. The number of nitrogens with two attached hydrogens (primary N) is 1. The van der Waals surface area contributed by atoms with Crippen molar-refractivity contribution in [3.8, 4) is 10.7 Å². The van der Waals surface area contributed by atoms with Crippen LogP contribution in [-0.2, 0) is 0 Å². The van der Waals surface area contributed by atoms with Crippen molar-refractivity contribution in [1.29, 1.82) is 0 Å². The molecule has 1 saturated carbocycles. The Balaban J connectivity index is 0.00000132. The highest BCUT2D eigenvalue weighted by Gasteiger charge is 2.34. The van der Waals surface area contributed by atoms with Gasteiger partial charge in [0.1, 0.15) is 16.4 Å². The second-order valence-corrected chi connectivity index (χ2v) is 6.13. The van der Waals surface area contributed by atoms with Crippen LogP contribution in [-0.4, -0.2) is 32.9 Å². The Morgan fingerprint density at radius 2 is 2.04 bits per heavy atom. The smallest absolute Gasteiger partial charge is 0.271 e. The molecule has 23 heavy (non-hydrogen) atoms. The lowest BCUT2D eigenvalue weighted by Gasteiger charge is -2.28. The summed E-state index contributed by atoms with van der Waals surface area (Å²) < 4.78 is 0. The van der Waals surface area contributed by atoms with Gasteiger partial charge in [0.05, 0.1) is 11.7 Å². The molecule has 1 aliphatic rings. The maximum absolute atomic E-state index is 12.4. The van der Waals surface area contributed by atoms with Gasteiger partial charge in [-0.2, -0.15) is 0 Å². The lowest BCUT2D eigenvalue weighted by atomic mass is 9.98. The molecule has 2 aromatic rings. The molecule has 0 saturated heterocycles. The predicted molar refractivity (Wildman–Crippen MR) is 95.4 cm³/mol. The Morgan fingerprint density at radius 3 is 2.65 bits per heavy atom. The van der Waals surface area contributed by atoms with Crippen molar-refractivity contribution < 1.29 is 4.79 Å². The third kappa shape index (κ3) is 4.38. The summed E-state index contributed by atoms with van der Waals surface area (Å²) in [5, 5.41) is 5.51. The lowest BCUT2D eigenvalue weighted by Crippen LogP contribution is -2.51. The van der Waals surface area contributed by atoms with E-state index < -0.39 is 0 Å². The van der Waals surface area contributed by atoms with E-state index in [2.05, 4.69) is 20.3 Å². The van der Waals surface area contributed by atoms with Gasteiger partial charge in [-0.15, -0.1) is 36.2 Å². The summed E-state index contributed by atoms with van der Waals surface area (Å²) in [4.78, 5) is 24.9. The minimum Gasteiger partial charge on any atom is -0.344 e. The van der Waals surface area contributed by atoms with Crippen LogP contribution < -0.4 is 11.1 Å². The van der Waals surface area contributed by atoms with Crippen molar-refractivity contribution in [1.82, 2.24) is 20.3 Å². The topological polar surface area (TPSA) is 93.8 Å². The second-order valence-electron chi connectivity index (χ2n) is 5.27. The highest BCUT2D eigenvalue weighted by atomic mass is 35.5. The summed E-state index contributed by atoms with van der Waals surface area (Å²) in [6.45, 7) is 0.472. The number of rotatable bonds is 4. The highest BCUT2D eigenvalue weighted by molar-refractivity contribution is 7.13. The zero-order valence-corrected chi connectivity index (χ0v) is 14.8. The zero-order chi connectivity index (χ0) is 14.7. The summed E-state index contributed by atoms with van der Waals surface area (Å²) >= 11 is 1.39. The van der Waals surface area contributed by atoms with Crippen molar-refractivity contribution >= 4 is 42.1 Å². The minimum absolute atomic E-state index is 0. The highest BCUT2D eigenvalue weighted by Crippen LogP contribution is 2.29. The van der Waals surface area contributed by atoms with Crippen LogP contribution in [0.4, 0.5) is 0 Å². The molecule has 0 radical (unpaired) electrons. The fraction of sp³-hybridized carbons (Fsp3) is 0.429. The minimum atomic E-state index is -0.257. The second kappa shape index (κ2) is 8.54. The monoisotopic (exact) mass is 375 g/mol. The van der Waals surface area contributed by atoms with E-state index >= 15 is 0 Å². The normalized spacial score (nSPS) is 15.3. The molecule has 0 atom stereocenters. The van der Waals surface area contributed by atoms with Gasteiger partial charge in [-0.1, -0.05) is 12.8 Å². The lowest BCUT2D eigenvalue weighted by molar-refractivity contribution is 0.0898. The van der Waals surface area contributed by atoms with Gasteiger partial charge in [0, 0.05) is 24.3 Å². The van der Waals surface area contributed by atoms with Crippen molar-refractivity contribution in [2.75, 3.05) is 6.54 Å². The number of nitrogens with zero attached hydrogens (tertiary/aromatic N) is 3. The molecule has 3 rings (SSSR count). The number of carbonyl (C=O) groups is 1. The number of nitrogens with one attached hydrogen (secondary N) is 1. The van der Waals surface area contributed by atoms with E-state index in [0.29, 0.717) is 22.9 Å². The first-order valence-corrected chi connectivity index (χ1v) is 7.85. The Labute approximate surface area is 151 Å². The van der Waals surface area contributed by atoms with Crippen LogP contribution in [0.3, 0.4) is 0 Å². The summed E-state index contributed by atoms with van der Waals surface area (Å²) in [7, 11) is 0. The number of hydrogen-bond donors (Lipinski definition) is 2. The van der Waals surface area contributed by atoms with E-state index in [1.807, 2.05) is 0 Å². The Bertz CT molecular complexity index is 631. The standard InChI is InChI=1S/C14H17N5OS.2ClH/c15-9-14(3-1-2-4-14)19-12(20)11-8-21-13(18-11)10-7-16-5-6-17-10;;/h5-8H,1-4,9,15H2,(H,19,20);2*1H. The number of carbonyl (C=O) groups excluding carboxylic acids is 1. The largest absolute Gasteiger partial charge is 0.344 e. The van der Waals surface area contributed by atoms with E-state index in [-0.39, 0.29) is 36.3 Å². The maximum Gasteiger partial charge on any atom is 0.271 e. The molecule has 0 aromatic carbocycles. The van der Waals surface area contributed by atoms with Gasteiger partial charge in [-0.05, 0) is 12.8 Å². The van der Waals surface area contributed by atoms with Gasteiger partial charge in [0.25, 0.3) is 5.91 Å². The molecule has 9 heteroatoms. The Kier molecular flexibility index (Phi) is 7.34. The fourth-order valence-corrected chi connectivity index (χ4v) is 3.40. The van der Waals surface area contributed by atoms with Gasteiger partial charge < -0.3 is 11.1 Å². The quantitative estimate of drug-likeness (QED) is 0.855. The van der Waals surface area contributed by atoms with Crippen LogP contribution in [0.5, 0.6) is 0 Å². The van der Waals surface area contributed by atoms with Gasteiger partial charge >= 0.3 is 0 Å². The van der Waals surface area contributed by atoms with Gasteiger partial charge in [0.15, 0.2) is 0 Å². The molecule has 1 amide bonds. The van der Waals surface area contributed by atoms with Crippen molar-refractivity contribution in [2.45, 2.75) is 31.2 Å². The zero-order valence-electron chi connectivity index (χ0n) is 12.4. The van der Waals surface area contributed by atoms with E-state index in [0.717, 1.165) is 25.7 Å². The van der Waals surface area contributed by atoms with E-state index in [1.54, 1.807) is 24.0 Å². The maximum atomic E-state index is 12.4. The average Bonchev–Trinajstić information content (AvgIpc) is 3.18. The van der Waals surface area contributed by atoms with Crippen LogP contribution in [0, 0.1) is 0 Å².